The van der Waals surface area contributed by atoms with Crippen molar-refractivity contribution in [2.24, 2.45) is 7.05 Å². The number of carboxylic acids is 1. The molecular formula is C14H13N5O2. The normalized spacial score (nSPS) is 10.8. The number of carboxylic acid groups (broad SMARTS) is 1. The van der Waals surface area contributed by atoms with Crippen molar-refractivity contribution in [2.75, 3.05) is 5.32 Å². The van der Waals surface area contributed by atoms with Gasteiger partial charge in [0.2, 0.25) is 0 Å². The SMILES string of the molecule is Cc1ncccc1Nc1c(C(=O)O)cnc2c1cnn2C. The topological polar surface area (TPSA) is 92.9 Å². The molecule has 3 aromatic rings. The van der Waals surface area contributed by atoms with E-state index in [4.69, 9.17) is 0 Å². The van der Waals surface area contributed by atoms with E-state index in [1.807, 2.05) is 13.0 Å². The number of fused-ring (bicyclic) bond motifs is 1. The summed E-state index contributed by atoms with van der Waals surface area (Å²) in [5.41, 5.74) is 2.71. The molecule has 7 heteroatoms. The second-order valence-corrected chi connectivity index (χ2v) is 4.62. The highest BCUT2D eigenvalue weighted by atomic mass is 16.4. The third-order valence-electron chi connectivity index (χ3n) is 3.26. The first-order chi connectivity index (χ1) is 10.1. The van der Waals surface area contributed by atoms with Crippen LogP contribution in [-0.2, 0) is 7.05 Å². The summed E-state index contributed by atoms with van der Waals surface area (Å²) in [6.07, 6.45) is 4.62. The molecule has 0 saturated carbocycles. The van der Waals surface area contributed by atoms with Crippen molar-refractivity contribution in [2.45, 2.75) is 6.92 Å². The van der Waals surface area contributed by atoms with Crippen molar-refractivity contribution in [1.29, 1.82) is 0 Å². The molecule has 0 unspecified atom stereocenters. The van der Waals surface area contributed by atoms with Crippen molar-refractivity contribution in [3.63, 3.8) is 0 Å². The molecule has 0 aliphatic rings. The highest BCUT2D eigenvalue weighted by Gasteiger charge is 2.17. The van der Waals surface area contributed by atoms with Gasteiger partial charge in [-0.1, -0.05) is 0 Å². The fourth-order valence-electron chi connectivity index (χ4n) is 2.14. The first kappa shape index (κ1) is 13.0. The minimum Gasteiger partial charge on any atom is -0.478 e. The lowest BCUT2D eigenvalue weighted by Crippen LogP contribution is -2.06. The highest BCUT2D eigenvalue weighted by Crippen LogP contribution is 2.29. The molecule has 3 rings (SSSR count). The summed E-state index contributed by atoms with van der Waals surface area (Å²) >= 11 is 0. The molecule has 0 aromatic carbocycles. The number of anilines is 2. The van der Waals surface area contributed by atoms with Gasteiger partial charge in [-0.15, -0.1) is 0 Å². The molecule has 0 aliphatic heterocycles. The number of aromatic nitrogens is 4. The van der Waals surface area contributed by atoms with Gasteiger partial charge in [0.1, 0.15) is 5.56 Å². The van der Waals surface area contributed by atoms with Gasteiger partial charge in [-0.2, -0.15) is 5.10 Å². The zero-order valence-corrected chi connectivity index (χ0v) is 11.5. The van der Waals surface area contributed by atoms with E-state index in [2.05, 4.69) is 20.4 Å². The Morgan fingerprint density at radius 2 is 2.14 bits per heavy atom. The molecule has 0 saturated heterocycles. The largest absolute Gasteiger partial charge is 0.478 e. The van der Waals surface area contributed by atoms with E-state index in [1.54, 1.807) is 30.2 Å². The summed E-state index contributed by atoms with van der Waals surface area (Å²) in [5.74, 6) is -1.04. The zero-order valence-electron chi connectivity index (χ0n) is 11.5. The van der Waals surface area contributed by atoms with E-state index in [0.717, 1.165) is 11.4 Å². The van der Waals surface area contributed by atoms with Crippen LogP contribution in [0.25, 0.3) is 11.0 Å². The lowest BCUT2D eigenvalue weighted by atomic mass is 10.1. The van der Waals surface area contributed by atoms with E-state index in [9.17, 15) is 9.90 Å². The summed E-state index contributed by atoms with van der Waals surface area (Å²) in [4.78, 5) is 19.8. The molecule has 7 nitrogen and oxygen atoms in total. The van der Waals surface area contributed by atoms with E-state index in [-0.39, 0.29) is 5.56 Å². The first-order valence-corrected chi connectivity index (χ1v) is 6.30. The smallest absolute Gasteiger partial charge is 0.339 e. The summed E-state index contributed by atoms with van der Waals surface area (Å²) in [6.45, 7) is 1.85. The number of pyridine rings is 2. The number of nitrogens with zero attached hydrogens (tertiary/aromatic N) is 4. The van der Waals surface area contributed by atoms with Crippen molar-refractivity contribution in [3.05, 3.63) is 42.0 Å². The predicted molar refractivity (Wildman–Crippen MR) is 77.7 cm³/mol. The maximum Gasteiger partial charge on any atom is 0.339 e. The Balaban J connectivity index is 2.21. The molecule has 0 bridgehead atoms. The fourth-order valence-corrected chi connectivity index (χ4v) is 2.14. The number of hydrogen-bond donors (Lipinski definition) is 2. The molecule has 0 aliphatic carbocycles. The predicted octanol–water partition coefficient (Wildman–Crippen LogP) is 2.11. The van der Waals surface area contributed by atoms with Gasteiger partial charge in [0.25, 0.3) is 0 Å². The van der Waals surface area contributed by atoms with Crippen LogP contribution in [0.5, 0.6) is 0 Å². The maximum atomic E-state index is 11.4. The van der Waals surface area contributed by atoms with Crippen molar-refractivity contribution in [3.8, 4) is 0 Å². The van der Waals surface area contributed by atoms with Gasteiger partial charge in [0, 0.05) is 19.4 Å². The second kappa shape index (κ2) is 4.86. The average Bonchev–Trinajstić information content (AvgIpc) is 2.83. The van der Waals surface area contributed by atoms with Gasteiger partial charge >= 0.3 is 5.97 Å². The zero-order chi connectivity index (χ0) is 15.0. The third kappa shape index (κ3) is 2.18. The third-order valence-corrected chi connectivity index (χ3v) is 3.26. The van der Waals surface area contributed by atoms with Crippen LogP contribution < -0.4 is 5.32 Å². The number of hydrogen-bond acceptors (Lipinski definition) is 5. The number of aromatic carboxylic acids is 1. The van der Waals surface area contributed by atoms with Crippen molar-refractivity contribution in [1.82, 2.24) is 19.7 Å². The summed E-state index contributed by atoms with van der Waals surface area (Å²) in [5, 5.41) is 17.3. The molecule has 0 fully saturated rings. The lowest BCUT2D eigenvalue weighted by molar-refractivity contribution is 0.0697. The van der Waals surface area contributed by atoms with Crippen LogP contribution in [0.15, 0.2) is 30.7 Å². The van der Waals surface area contributed by atoms with E-state index in [0.29, 0.717) is 16.7 Å². The quantitative estimate of drug-likeness (QED) is 0.764. The standard InChI is InChI=1S/C14H13N5O2/c1-8-11(4-3-5-15-8)18-12-9-7-17-19(2)13(9)16-6-10(12)14(20)21/h3-7H,1-2H3,(H,16,18)(H,20,21). The number of rotatable bonds is 3. The molecular weight excluding hydrogens is 270 g/mol. The van der Waals surface area contributed by atoms with Gasteiger partial charge in [0.15, 0.2) is 5.65 Å². The van der Waals surface area contributed by atoms with Gasteiger partial charge in [-0.25, -0.2) is 9.78 Å². The van der Waals surface area contributed by atoms with Crippen LogP contribution in [0.3, 0.4) is 0 Å². The van der Waals surface area contributed by atoms with Crippen molar-refractivity contribution >= 4 is 28.4 Å². The van der Waals surface area contributed by atoms with E-state index < -0.39 is 5.97 Å². The van der Waals surface area contributed by atoms with Crippen LogP contribution in [-0.4, -0.2) is 30.8 Å². The molecule has 0 atom stereocenters. The minimum atomic E-state index is -1.04. The average molecular weight is 283 g/mol. The van der Waals surface area contributed by atoms with Gasteiger partial charge in [-0.3, -0.25) is 9.67 Å². The first-order valence-electron chi connectivity index (χ1n) is 6.30. The molecule has 106 valence electrons. The van der Waals surface area contributed by atoms with Crippen LogP contribution >= 0.6 is 0 Å². The van der Waals surface area contributed by atoms with Gasteiger partial charge in [0.05, 0.1) is 28.7 Å². The maximum absolute atomic E-state index is 11.4. The van der Waals surface area contributed by atoms with E-state index >= 15 is 0 Å². The number of nitrogens with one attached hydrogen (secondary N) is 1. The Labute approximate surface area is 120 Å². The van der Waals surface area contributed by atoms with Crippen LogP contribution in [0.2, 0.25) is 0 Å². The summed E-state index contributed by atoms with van der Waals surface area (Å²) < 4.78 is 1.60. The molecule has 21 heavy (non-hydrogen) atoms. The van der Waals surface area contributed by atoms with Crippen LogP contribution in [0, 0.1) is 6.92 Å². The molecule has 2 N–H and O–H groups in total. The van der Waals surface area contributed by atoms with Gasteiger partial charge in [-0.05, 0) is 19.1 Å². The number of carbonyl (C=O) groups is 1. The Bertz CT molecular complexity index is 840. The minimum absolute atomic E-state index is 0.0961. The Hall–Kier alpha value is -2.96. The summed E-state index contributed by atoms with van der Waals surface area (Å²) in [7, 11) is 1.76. The van der Waals surface area contributed by atoms with Gasteiger partial charge < -0.3 is 10.4 Å². The van der Waals surface area contributed by atoms with E-state index in [1.165, 1.54) is 6.20 Å². The Kier molecular flexibility index (Phi) is 3.02. The summed E-state index contributed by atoms with van der Waals surface area (Å²) in [6, 6.07) is 3.63. The molecule has 3 aromatic heterocycles. The molecule has 0 radical (unpaired) electrons. The lowest BCUT2D eigenvalue weighted by Gasteiger charge is -2.12. The number of aryl methyl sites for hydroxylation is 2. The van der Waals surface area contributed by atoms with Crippen LogP contribution in [0.1, 0.15) is 16.1 Å². The Morgan fingerprint density at radius 3 is 2.86 bits per heavy atom. The van der Waals surface area contributed by atoms with Crippen molar-refractivity contribution < 1.29 is 9.90 Å². The monoisotopic (exact) mass is 283 g/mol. The highest BCUT2D eigenvalue weighted by molar-refractivity contribution is 6.04. The molecule has 0 spiro atoms. The fraction of sp³-hybridized carbons (Fsp3) is 0.143. The molecule has 3 heterocycles. The van der Waals surface area contributed by atoms with Crippen LogP contribution in [0.4, 0.5) is 11.4 Å². The molecule has 0 amide bonds. The Morgan fingerprint density at radius 1 is 1.33 bits per heavy atom. The second-order valence-electron chi connectivity index (χ2n) is 4.62.